The van der Waals surface area contributed by atoms with Gasteiger partial charge in [0.2, 0.25) is 27.7 Å². The molecule has 0 saturated carbocycles. The monoisotopic (exact) mass is 454 g/mol. The van der Waals surface area contributed by atoms with Gasteiger partial charge in [0.1, 0.15) is 17.9 Å². The Hall–Kier alpha value is -2.99. The van der Waals surface area contributed by atoms with E-state index >= 15 is 0 Å². The van der Waals surface area contributed by atoms with Crippen molar-refractivity contribution in [3.63, 3.8) is 0 Å². The molecule has 0 bridgehead atoms. The molecule has 31 heavy (non-hydrogen) atoms. The zero-order chi connectivity index (χ0) is 23.6. The number of rotatable bonds is 13. The summed E-state index contributed by atoms with van der Waals surface area (Å²) in [4.78, 5) is 36.3. The highest BCUT2D eigenvalue weighted by Gasteiger charge is 2.27. The van der Waals surface area contributed by atoms with Gasteiger partial charge >= 0.3 is 0 Å². The van der Waals surface area contributed by atoms with Gasteiger partial charge in [-0.1, -0.05) is 31.2 Å². The maximum absolute atomic E-state index is 12.6. The van der Waals surface area contributed by atoms with Gasteiger partial charge in [-0.3, -0.25) is 19.8 Å². The number of hydrogen-bond donors (Lipinski definition) is 6. The lowest BCUT2D eigenvalue weighted by Gasteiger charge is -2.22. The average molecular weight is 455 g/mol. The SMILES string of the molecule is CC[C@@H](NS(=O)(=O)CC)C(=O)N[C@@H](CCC(N)=O)C(=O)NCc1ccc(C(=N)N)cc1. The van der Waals surface area contributed by atoms with Crippen LogP contribution in [0.4, 0.5) is 0 Å². The molecule has 0 aliphatic heterocycles. The molecule has 0 radical (unpaired) electrons. The molecule has 0 aliphatic carbocycles. The van der Waals surface area contributed by atoms with Crippen molar-refractivity contribution >= 4 is 33.6 Å². The number of primary amides is 1. The van der Waals surface area contributed by atoms with E-state index in [0.717, 1.165) is 5.56 Å². The van der Waals surface area contributed by atoms with Gasteiger partial charge in [-0.15, -0.1) is 0 Å². The van der Waals surface area contributed by atoms with Crippen molar-refractivity contribution in [2.24, 2.45) is 11.5 Å². The number of hydrogen-bond acceptors (Lipinski definition) is 6. The molecular formula is C19H30N6O5S. The summed E-state index contributed by atoms with van der Waals surface area (Å²) in [5.74, 6) is -2.11. The predicted octanol–water partition coefficient (Wildman–Crippen LogP) is -0.945. The second-order valence-corrected chi connectivity index (χ2v) is 8.92. The van der Waals surface area contributed by atoms with Crippen LogP contribution in [-0.2, 0) is 31.0 Å². The lowest BCUT2D eigenvalue weighted by molar-refractivity contribution is -0.130. The number of carbonyl (C=O) groups excluding carboxylic acids is 3. The number of amides is 3. The Morgan fingerprint density at radius 3 is 2.13 bits per heavy atom. The summed E-state index contributed by atoms with van der Waals surface area (Å²) in [5, 5.41) is 12.5. The van der Waals surface area contributed by atoms with E-state index in [9.17, 15) is 22.8 Å². The van der Waals surface area contributed by atoms with Crippen LogP contribution in [0.25, 0.3) is 0 Å². The first-order valence-corrected chi connectivity index (χ1v) is 11.4. The third-order valence-electron chi connectivity index (χ3n) is 4.47. The number of sulfonamides is 1. The number of amidine groups is 1. The molecule has 3 amide bonds. The van der Waals surface area contributed by atoms with E-state index in [2.05, 4.69) is 15.4 Å². The number of benzene rings is 1. The molecule has 0 spiro atoms. The highest BCUT2D eigenvalue weighted by Crippen LogP contribution is 2.05. The topological polar surface area (TPSA) is 197 Å². The van der Waals surface area contributed by atoms with Crippen LogP contribution >= 0.6 is 0 Å². The zero-order valence-corrected chi connectivity index (χ0v) is 18.4. The third-order valence-corrected chi connectivity index (χ3v) is 5.87. The van der Waals surface area contributed by atoms with Gasteiger partial charge in [0.15, 0.2) is 0 Å². The smallest absolute Gasteiger partial charge is 0.242 e. The molecule has 1 aromatic rings. The van der Waals surface area contributed by atoms with Gasteiger partial charge in [0.05, 0.1) is 5.75 Å². The molecule has 11 nitrogen and oxygen atoms in total. The molecule has 0 aliphatic rings. The predicted molar refractivity (Wildman–Crippen MR) is 116 cm³/mol. The zero-order valence-electron chi connectivity index (χ0n) is 17.6. The average Bonchev–Trinajstić information content (AvgIpc) is 2.73. The van der Waals surface area contributed by atoms with Crippen LogP contribution < -0.4 is 26.8 Å². The number of carbonyl (C=O) groups is 3. The molecule has 0 aromatic heterocycles. The van der Waals surface area contributed by atoms with E-state index in [1.165, 1.54) is 6.92 Å². The quantitative estimate of drug-likeness (QED) is 0.164. The molecule has 0 heterocycles. The van der Waals surface area contributed by atoms with Crippen molar-refractivity contribution < 1.29 is 22.8 Å². The molecular weight excluding hydrogens is 424 g/mol. The third kappa shape index (κ3) is 9.13. The highest BCUT2D eigenvalue weighted by molar-refractivity contribution is 7.89. The van der Waals surface area contributed by atoms with Crippen molar-refractivity contribution in [2.45, 2.75) is 51.7 Å². The Morgan fingerprint density at radius 2 is 1.65 bits per heavy atom. The fourth-order valence-electron chi connectivity index (χ4n) is 2.56. The van der Waals surface area contributed by atoms with E-state index < -0.39 is 39.8 Å². The minimum Gasteiger partial charge on any atom is -0.384 e. The number of nitrogens with one attached hydrogen (secondary N) is 4. The lowest BCUT2D eigenvalue weighted by atomic mass is 10.1. The summed E-state index contributed by atoms with van der Waals surface area (Å²) in [6, 6.07) is 4.55. The van der Waals surface area contributed by atoms with Gasteiger partial charge in [0.25, 0.3) is 0 Å². The first kappa shape index (κ1) is 26.0. The first-order valence-electron chi connectivity index (χ1n) is 9.78. The summed E-state index contributed by atoms with van der Waals surface area (Å²) < 4.78 is 25.8. The van der Waals surface area contributed by atoms with Crippen molar-refractivity contribution in [2.75, 3.05) is 5.75 Å². The van der Waals surface area contributed by atoms with Crippen LogP contribution in [0.2, 0.25) is 0 Å². The summed E-state index contributed by atoms with van der Waals surface area (Å²) in [7, 11) is -3.62. The molecule has 1 aromatic carbocycles. The second-order valence-electron chi connectivity index (χ2n) is 6.88. The Balaban J connectivity index is 2.83. The normalized spacial score (nSPS) is 13.1. The first-order chi connectivity index (χ1) is 14.5. The van der Waals surface area contributed by atoms with Gasteiger partial charge in [-0.05, 0) is 25.3 Å². The highest BCUT2D eigenvalue weighted by atomic mass is 32.2. The minimum absolute atomic E-state index is 0.0346. The molecule has 0 fully saturated rings. The maximum Gasteiger partial charge on any atom is 0.242 e. The Kier molecular flexibility index (Phi) is 10.1. The fourth-order valence-corrected chi connectivity index (χ4v) is 3.44. The Labute approximate surface area is 181 Å². The van der Waals surface area contributed by atoms with E-state index in [1.807, 2.05) is 0 Å². The van der Waals surface area contributed by atoms with Crippen LogP contribution in [0.3, 0.4) is 0 Å². The van der Waals surface area contributed by atoms with E-state index in [4.69, 9.17) is 16.9 Å². The summed E-state index contributed by atoms with van der Waals surface area (Å²) in [5.41, 5.74) is 11.8. The number of nitrogen functional groups attached to an aromatic ring is 1. The van der Waals surface area contributed by atoms with Crippen LogP contribution in [0.1, 0.15) is 44.2 Å². The van der Waals surface area contributed by atoms with Gasteiger partial charge in [-0.2, -0.15) is 0 Å². The van der Waals surface area contributed by atoms with Crippen LogP contribution in [0.15, 0.2) is 24.3 Å². The standard InChI is InChI=1S/C19H30N6O5S/c1-3-14(25-31(29,30)4-2)19(28)24-15(9-10-16(20)26)18(27)23-11-12-5-7-13(8-6-12)17(21)22/h5-8,14-15,25H,3-4,9-11H2,1-2H3,(H2,20,26)(H3,21,22)(H,23,27)(H,24,28)/t14-,15+/m1/s1. The van der Waals surface area contributed by atoms with E-state index in [1.54, 1.807) is 31.2 Å². The Bertz CT molecular complexity index is 901. The van der Waals surface area contributed by atoms with E-state index in [-0.39, 0.29) is 37.4 Å². The molecule has 0 saturated heterocycles. The molecule has 172 valence electrons. The fraction of sp³-hybridized carbons (Fsp3) is 0.474. The van der Waals surface area contributed by atoms with Crippen molar-refractivity contribution in [3.05, 3.63) is 35.4 Å². The summed E-state index contributed by atoms with van der Waals surface area (Å²) in [6.07, 6.45) is 0.00795. The molecule has 2 atom stereocenters. The summed E-state index contributed by atoms with van der Waals surface area (Å²) >= 11 is 0. The molecule has 8 N–H and O–H groups in total. The maximum atomic E-state index is 12.6. The van der Waals surface area contributed by atoms with Gasteiger partial charge < -0.3 is 22.1 Å². The molecule has 1 rings (SSSR count). The molecule has 12 heteroatoms. The number of nitrogens with two attached hydrogens (primary N) is 2. The van der Waals surface area contributed by atoms with Crippen molar-refractivity contribution in [3.8, 4) is 0 Å². The van der Waals surface area contributed by atoms with Gasteiger partial charge in [-0.25, -0.2) is 13.1 Å². The van der Waals surface area contributed by atoms with Crippen molar-refractivity contribution in [1.82, 2.24) is 15.4 Å². The Morgan fingerprint density at radius 1 is 1.03 bits per heavy atom. The second kappa shape index (κ2) is 12.0. The van der Waals surface area contributed by atoms with Crippen LogP contribution in [0.5, 0.6) is 0 Å². The lowest BCUT2D eigenvalue weighted by Crippen LogP contribution is -2.53. The molecule has 0 unspecified atom stereocenters. The minimum atomic E-state index is -3.62. The van der Waals surface area contributed by atoms with E-state index in [0.29, 0.717) is 5.56 Å². The van der Waals surface area contributed by atoms with Crippen LogP contribution in [-0.4, -0.2) is 49.8 Å². The largest absolute Gasteiger partial charge is 0.384 e. The van der Waals surface area contributed by atoms with Crippen molar-refractivity contribution in [1.29, 1.82) is 5.41 Å². The summed E-state index contributed by atoms with van der Waals surface area (Å²) in [6.45, 7) is 3.21. The van der Waals surface area contributed by atoms with Crippen LogP contribution in [0, 0.1) is 5.41 Å². The van der Waals surface area contributed by atoms with Gasteiger partial charge in [0, 0.05) is 18.5 Å².